The van der Waals surface area contributed by atoms with E-state index < -0.39 is 6.03 Å². The van der Waals surface area contributed by atoms with E-state index in [0.29, 0.717) is 14.2 Å². The largest absolute Gasteiger partial charge is 0.335 e. The number of imide groups is 1. The zero-order chi connectivity index (χ0) is 19.2. The highest BCUT2D eigenvalue weighted by Gasteiger charge is 2.23. The van der Waals surface area contributed by atoms with Crippen LogP contribution in [0.1, 0.15) is 32.6 Å². The van der Waals surface area contributed by atoms with Gasteiger partial charge in [-0.15, -0.1) is 5.10 Å². The molecule has 2 atom stereocenters. The number of aromatic nitrogens is 2. The van der Waals surface area contributed by atoms with Crippen LogP contribution in [0.2, 0.25) is 0 Å². The first kappa shape index (κ1) is 20.0. The fourth-order valence-electron chi connectivity index (χ4n) is 3.08. The molecule has 1 aromatic heterocycles. The van der Waals surface area contributed by atoms with Gasteiger partial charge in [0.1, 0.15) is 0 Å². The summed E-state index contributed by atoms with van der Waals surface area (Å²) in [6.07, 6.45) is 4.41. The van der Waals surface area contributed by atoms with Crippen LogP contribution >= 0.6 is 35.3 Å². The van der Waals surface area contributed by atoms with Gasteiger partial charge in [-0.05, 0) is 43.1 Å². The van der Waals surface area contributed by atoms with Crippen LogP contribution in [-0.2, 0) is 4.79 Å². The molecule has 1 saturated carbocycles. The minimum atomic E-state index is -0.415. The molecule has 2 aromatic rings. The summed E-state index contributed by atoms with van der Waals surface area (Å²) in [7, 11) is 0. The smallest absolute Gasteiger partial charge is 0.321 e. The van der Waals surface area contributed by atoms with Crippen molar-refractivity contribution in [2.75, 3.05) is 5.75 Å². The minimum Gasteiger partial charge on any atom is -0.335 e. The van der Waals surface area contributed by atoms with Crippen molar-refractivity contribution in [1.82, 2.24) is 20.4 Å². The molecule has 9 heteroatoms. The second-order valence-corrected chi connectivity index (χ2v) is 9.40. The normalized spacial score (nSPS) is 19.4. The molecule has 144 valence electrons. The van der Waals surface area contributed by atoms with Crippen molar-refractivity contribution in [2.45, 2.75) is 43.0 Å². The number of carbonyl (C=O) groups is 2. The summed E-state index contributed by atoms with van der Waals surface area (Å²) in [4.78, 5) is 24.1. The molecule has 1 heterocycles. The predicted molar refractivity (Wildman–Crippen MR) is 111 cm³/mol. The Hall–Kier alpha value is -1.71. The van der Waals surface area contributed by atoms with Gasteiger partial charge < -0.3 is 5.32 Å². The van der Waals surface area contributed by atoms with Crippen LogP contribution in [0.15, 0.2) is 34.7 Å². The highest BCUT2D eigenvalue weighted by atomic mass is 32.2. The summed E-state index contributed by atoms with van der Waals surface area (Å²) in [6, 6.07) is 9.34. The average molecular weight is 423 g/mol. The Kier molecular flexibility index (Phi) is 7.03. The number of nitrogens with zero attached hydrogens (tertiary/aromatic N) is 2. The van der Waals surface area contributed by atoms with Crippen molar-refractivity contribution >= 4 is 47.3 Å². The maximum absolute atomic E-state index is 12.1. The SMILES string of the molecule is C[C@H]1CCCC[C@H]1NC(=O)NC(=O)CSc1nn(-c2ccccc2)c(=S)s1. The fraction of sp³-hybridized carbons (Fsp3) is 0.444. The molecule has 2 N–H and O–H groups in total. The van der Waals surface area contributed by atoms with E-state index in [0.717, 1.165) is 24.9 Å². The van der Waals surface area contributed by atoms with Crippen LogP contribution in [0.4, 0.5) is 4.79 Å². The number of carbonyl (C=O) groups excluding carboxylic acids is 2. The summed E-state index contributed by atoms with van der Waals surface area (Å²) in [6.45, 7) is 2.14. The van der Waals surface area contributed by atoms with E-state index >= 15 is 0 Å². The van der Waals surface area contributed by atoms with E-state index in [1.165, 1.54) is 29.5 Å². The fourth-order valence-corrected chi connectivity index (χ4v) is 5.24. The third-order valence-electron chi connectivity index (χ3n) is 4.54. The standard InChI is InChI=1S/C18H22N4O2S3/c1-12-7-5-6-10-14(12)19-16(24)20-15(23)11-26-17-21-22(18(25)27-17)13-8-3-2-4-9-13/h2-4,8-9,12,14H,5-7,10-11H2,1H3,(H2,19,20,23,24)/t12-,14+/m0/s1. The molecule has 27 heavy (non-hydrogen) atoms. The number of hydrogen-bond acceptors (Lipinski definition) is 6. The van der Waals surface area contributed by atoms with Gasteiger partial charge in [-0.2, -0.15) is 0 Å². The molecule has 1 aromatic carbocycles. The Morgan fingerprint density at radius 1 is 1.30 bits per heavy atom. The molecule has 0 saturated heterocycles. The lowest BCUT2D eigenvalue weighted by Gasteiger charge is -2.29. The Labute approximate surface area is 171 Å². The Balaban J connectivity index is 1.49. The molecule has 6 nitrogen and oxygen atoms in total. The third kappa shape index (κ3) is 5.63. The molecule has 1 fully saturated rings. The molecule has 1 aliphatic rings. The van der Waals surface area contributed by atoms with E-state index in [-0.39, 0.29) is 17.7 Å². The first-order chi connectivity index (χ1) is 13.0. The second-order valence-electron chi connectivity index (χ2n) is 6.56. The number of amides is 3. The van der Waals surface area contributed by atoms with Gasteiger partial charge in [0.25, 0.3) is 0 Å². The van der Waals surface area contributed by atoms with Crippen LogP contribution < -0.4 is 10.6 Å². The molecular weight excluding hydrogens is 400 g/mol. The van der Waals surface area contributed by atoms with Gasteiger partial charge in [0, 0.05) is 6.04 Å². The number of nitrogens with one attached hydrogen (secondary N) is 2. The maximum Gasteiger partial charge on any atom is 0.321 e. The first-order valence-corrected chi connectivity index (χ1v) is 11.1. The predicted octanol–water partition coefficient (Wildman–Crippen LogP) is 4.16. The number of benzene rings is 1. The number of thioether (sulfide) groups is 1. The summed E-state index contributed by atoms with van der Waals surface area (Å²) in [5.74, 6) is 0.224. The van der Waals surface area contributed by atoms with Gasteiger partial charge in [0.2, 0.25) is 5.91 Å². The Morgan fingerprint density at radius 3 is 2.78 bits per heavy atom. The monoisotopic (exact) mass is 422 g/mol. The van der Waals surface area contributed by atoms with Crippen molar-refractivity contribution in [1.29, 1.82) is 0 Å². The molecule has 1 aliphatic carbocycles. The highest BCUT2D eigenvalue weighted by molar-refractivity contribution is 8.01. The van der Waals surface area contributed by atoms with E-state index in [1.807, 2.05) is 30.3 Å². The number of hydrogen-bond donors (Lipinski definition) is 2. The molecule has 0 aliphatic heterocycles. The minimum absolute atomic E-state index is 0.116. The third-order valence-corrected chi connectivity index (χ3v) is 6.90. The van der Waals surface area contributed by atoms with Crippen LogP contribution in [0.25, 0.3) is 5.69 Å². The molecule has 0 bridgehead atoms. The Morgan fingerprint density at radius 2 is 2.04 bits per heavy atom. The van der Waals surface area contributed by atoms with Crippen LogP contribution in [0.3, 0.4) is 0 Å². The van der Waals surface area contributed by atoms with Crippen LogP contribution in [-0.4, -0.2) is 33.5 Å². The zero-order valence-corrected chi connectivity index (χ0v) is 17.5. The first-order valence-electron chi connectivity index (χ1n) is 8.91. The van der Waals surface area contributed by atoms with Crippen molar-refractivity contribution in [2.24, 2.45) is 5.92 Å². The lowest BCUT2D eigenvalue weighted by Crippen LogP contribution is -2.48. The van der Waals surface area contributed by atoms with Gasteiger partial charge in [-0.25, -0.2) is 9.48 Å². The quantitative estimate of drug-likeness (QED) is 0.559. The number of para-hydroxylation sites is 1. The summed E-state index contributed by atoms with van der Waals surface area (Å²) >= 11 is 7.97. The van der Waals surface area contributed by atoms with Gasteiger partial charge in [-0.3, -0.25) is 10.1 Å². The topological polar surface area (TPSA) is 76.0 Å². The van der Waals surface area contributed by atoms with Crippen molar-refractivity contribution in [3.8, 4) is 5.69 Å². The van der Waals surface area contributed by atoms with E-state index in [2.05, 4.69) is 22.7 Å². The van der Waals surface area contributed by atoms with Crippen LogP contribution in [0.5, 0.6) is 0 Å². The molecular formula is C18H22N4O2S3. The summed E-state index contributed by atoms with van der Waals surface area (Å²) in [5.41, 5.74) is 0.885. The van der Waals surface area contributed by atoms with Gasteiger partial charge in [-0.1, -0.05) is 61.1 Å². The Bertz CT molecular complexity index is 850. The van der Waals surface area contributed by atoms with Crippen LogP contribution in [0, 0.1) is 9.87 Å². The molecule has 0 spiro atoms. The zero-order valence-electron chi connectivity index (χ0n) is 15.0. The van der Waals surface area contributed by atoms with Crippen molar-refractivity contribution in [3.63, 3.8) is 0 Å². The average Bonchev–Trinajstić information content (AvgIpc) is 3.03. The molecule has 3 amide bonds. The van der Waals surface area contributed by atoms with E-state index in [1.54, 1.807) is 4.68 Å². The molecule has 0 unspecified atom stereocenters. The van der Waals surface area contributed by atoms with Crippen molar-refractivity contribution in [3.05, 3.63) is 34.3 Å². The van der Waals surface area contributed by atoms with Gasteiger partial charge in [0.05, 0.1) is 11.4 Å². The molecule has 0 radical (unpaired) electrons. The van der Waals surface area contributed by atoms with E-state index in [9.17, 15) is 9.59 Å². The van der Waals surface area contributed by atoms with Gasteiger partial charge in [0.15, 0.2) is 8.29 Å². The summed E-state index contributed by atoms with van der Waals surface area (Å²) in [5, 5.41) is 9.77. The number of rotatable bonds is 5. The molecule has 3 rings (SSSR count). The second kappa shape index (κ2) is 9.48. The summed E-state index contributed by atoms with van der Waals surface area (Å²) < 4.78 is 2.99. The van der Waals surface area contributed by atoms with Gasteiger partial charge >= 0.3 is 6.03 Å². The maximum atomic E-state index is 12.1. The highest BCUT2D eigenvalue weighted by Crippen LogP contribution is 2.24. The van der Waals surface area contributed by atoms with Crippen molar-refractivity contribution < 1.29 is 9.59 Å². The van der Waals surface area contributed by atoms with E-state index in [4.69, 9.17) is 12.2 Å². The lowest BCUT2D eigenvalue weighted by molar-refractivity contribution is -0.117. The number of urea groups is 1. The lowest BCUT2D eigenvalue weighted by atomic mass is 9.86.